The molecule has 1 aliphatic carbocycles. The van der Waals surface area contributed by atoms with Gasteiger partial charge < -0.3 is 4.74 Å². The molecule has 1 aliphatic heterocycles. The van der Waals surface area contributed by atoms with Crippen LogP contribution >= 0.6 is 23.2 Å². The van der Waals surface area contributed by atoms with E-state index in [1.54, 1.807) is 19.1 Å². The third-order valence-corrected chi connectivity index (χ3v) is 7.57. The number of benzene rings is 1. The van der Waals surface area contributed by atoms with Crippen LogP contribution in [-0.4, -0.2) is 42.7 Å². The van der Waals surface area contributed by atoms with Gasteiger partial charge in [0.2, 0.25) is 10.0 Å². The van der Waals surface area contributed by atoms with E-state index < -0.39 is 20.3 Å². The Hall–Kier alpha value is -0.820. The average Bonchev–Trinajstić information content (AvgIpc) is 3.20. The predicted molar refractivity (Wildman–Crippen MR) is 96.6 cm³/mol. The second kappa shape index (κ2) is 7.06. The van der Waals surface area contributed by atoms with Crippen LogP contribution < -0.4 is 0 Å². The maximum Gasteiger partial charge on any atom is 0.338 e. The summed E-state index contributed by atoms with van der Waals surface area (Å²) in [5.74, 6) is -0.621. The van der Waals surface area contributed by atoms with Gasteiger partial charge in [-0.05, 0) is 43.9 Å². The fourth-order valence-corrected chi connectivity index (χ4v) is 4.98. The van der Waals surface area contributed by atoms with Crippen molar-refractivity contribution in [2.24, 2.45) is 5.92 Å². The van der Waals surface area contributed by atoms with Gasteiger partial charge in [0.15, 0.2) is 0 Å². The van der Waals surface area contributed by atoms with Gasteiger partial charge in [0.1, 0.15) is 4.33 Å². The van der Waals surface area contributed by atoms with Crippen LogP contribution in [0, 0.1) is 12.8 Å². The lowest BCUT2D eigenvalue weighted by molar-refractivity contribution is 0.0484. The summed E-state index contributed by atoms with van der Waals surface area (Å²) in [4.78, 5) is 12.5. The zero-order valence-corrected chi connectivity index (χ0v) is 16.3. The molecule has 1 atom stereocenters. The second-order valence-electron chi connectivity index (χ2n) is 6.70. The quantitative estimate of drug-likeness (QED) is 0.555. The zero-order valence-electron chi connectivity index (χ0n) is 14.0. The standard InChI is InChI=1S/C17H21Cl2NO4S/c1-12-5-6-14(25(22,23)20-7-3-2-4-8-20)9-15(12)16(21)24-11-13-10-17(13,18)19/h5-6,9,13H,2-4,7-8,10-11H2,1H3/t13-/m1/s1. The normalized spacial score (nSPS) is 23.2. The van der Waals surface area contributed by atoms with E-state index in [9.17, 15) is 13.2 Å². The SMILES string of the molecule is Cc1ccc(S(=O)(=O)N2CCCCC2)cc1C(=O)OC[C@H]1CC1(Cl)Cl. The maximum absolute atomic E-state index is 12.8. The number of halogens is 2. The molecule has 0 amide bonds. The Morgan fingerprint density at radius 2 is 1.92 bits per heavy atom. The third-order valence-electron chi connectivity index (χ3n) is 4.75. The average molecular weight is 406 g/mol. The van der Waals surface area contributed by atoms with Crippen molar-refractivity contribution in [3.05, 3.63) is 29.3 Å². The first-order valence-electron chi connectivity index (χ1n) is 8.37. The predicted octanol–water partition coefficient (Wildman–Crippen LogP) is 3.52. The molecule has 0 N–H and O–H groups in total. The van der Waals surface area contributed by atoms with Crippen LogP contribution in [0.4, 0.5) is 0 Å². The number of carbonyl (C=O) groups is 1. The summed E-state index contributed by atoms with van der Waals surface area (Å²) < 4.78 is 31.5. The largest absolute Gasteiger partial charge is 0.462 e. The lowest BCUT2D eigenvalue weighted by Gasteiger charge is -2.26. The van der Waals surface area contributed by atoms with Gasteiger partial charge in [-0.25, -0.2) is 13.2 Å². The highest BCUT2D eigenvalue weighted by Gasteiger charge is 2.52. The van der Waals surface area contributed by atoms with Crippen LogP contribution in [0.25, 0.3) is 0 Å². The monoisotopic (exact) mass is 405 g/mol. The smallest absolute Gasteiger partial charge is 0.338 e. The van der Waals surface area contributed by atoms with Crippen LogP contribution in [0.5, 0.6) is 0 Å². The van der Waals surface area contributed by atoms with Gasteiger partial charge in [-0.3, -0.25) is 0 Å². The number of sulfonamides is 1. The molecule has 1 saturated carbocycles. The molecule has 8 heteroatoms. The second-order valence-corrected chi connectivity index (χ2v) is 10.2. The highest BCUT2D eigenvalue weighted by molar-refractivity contribution is 7.89. The van der Waals surface area contributed by atoms with Crippen LogP contribution in [-0.2, 0) is 14.8 Å². The van der Waals surface area contributed by atoms with Crippen molar-refractivity contribution < 1.29 is 17.9 Å². The summed E-state index contributed by atoms with van der Waals surface area (Å²) in [6.07, 6.45) is 3.35. The van der Waals surface area contributed by atoms with E-state index >= 15 is 0 Å². The van der Waals surface area contributed by atoms with Crippen molar-refractivity contribution in [3.63, 3.8) is 0 Å². The Labute approximate surface area is 158 Å². The Morgan fingerprint density at radius 1 is 1.28 bits per heavy atom. The fraction of sp³-hybridized carbons (Fsp3) is 0.588. The Morgan fingerprint density at radius 3 is 2.52 bits per heavy atom. The number of ether oxygens (including phenoxy) is 1. The number of nitrogens with zero attached hydrogens (tertiary/aromatic N) is 1. The minimum absolute atomic E-state index is 0.0691. The molecule has 1 aromatic rings. The molecule has 1 heterocycles. The topological polar surface area (TPSA) is 63.7 Å². The molecule has 25 heavy (non-hydrogen) atoms. The number of hydrogen-bond acceptors (Lipinski definition) is 4. The molecule has 138 valence electrons. The number of carbonyl (C=O) groups excluding carboxylic acids is 1. The zero-order chi connectivity index (χ0) is 18.2. The van der Waals surface area contributed by atoms with Gasteiger partial charge in [-0.1, -0.05) is 12.5 Å². The van der Waals surface area contributed by atoms with E-state index in [1.165, 1.54) is 10.4 Å². The molecule has 1 aromatic carbocycles. The van der Waals surface area contributed by atoms with Crippen molar-refractivity contribution in [3.8, 4) is 0 Å². The van der Waals surface area contributed by atoms with E-state index in [0.29, 0.717) is 25.1 Å². The number of piperidine rings is 1. The summed E-state index contributed by atoms with van der Waals surface area (Å²) >= 11 is 11.9. The minimum atomic E-state index is -3.59. The molecule has 0 radical (unpaired) electrons. The van der Waals surface area contributed by atoms with Crippen LogP contribution in [0.3, 0.4) is 0 Å². The van der Waals surface area contributed by atoms with E-state index in [0.717, 1.165) is 19.3 Å². The Bertz CT molecular complexity index is 773. The third kappa shape index (κ3) is 4.13. The number of alkyl halides is 2. The number of aryl methyl sites for hydroxylation is 1. The summed E-state index contributed by atoms with van der Waals surface area (Å²) in [6.45, 7) is 2.92. The highest BCUT2D eigenvalue weighted by atomic mass is 35.5. The summed E-state index contributed by atoms with van der Waals surface area (Å²) in [7, 11) is -3.59. The van der Waals surface area contributed by atoms with Crippen molar-refractivity contribution in [1.82, 2.24) is 4.31 Å². The van der Waals surface area contributed by atoms with Gasteiger partial charge in [-0.2, -0.15) is 4.31 Å². The molecule has 1 saturated heterocycles. The van der Waals surface area contributed by atoms with Crippen molar-refractivity contribution >= 4 is 39.2 Å². The first-order valence-corrected chi connectivity index (χ1v) is 10.6. The molecule has 2 aliphatic rings. The summed E-state index contributed by atoms with van der Waals surface area (Å²) in [5, 5.41) is 0. The van der Waals surface area contributed by atoms with Gasteiger partial charge in [0.25, 0.3) is 0 Å². The lowest BCUT2D eigenvalue weighted by atomic mass is 10.1. The molecular formula is C17H21Cl2NO4S. The molecule has 2 fully saturated rings. The molecule has 0 aromatic heterocycles. The number of rotatable bonds is 5. The fourth-order valence-electron chi connectivity index (χ4n) is 2.94. The lowest BCUT2D eigenvalue weighted by Crippen LogP contribution is -2.35. The molecular weight excluding hydrogens is 385 g/mol. The van der Waals surface area contributed by atoms with Gasteiger partial charge in [0, 0.05) is 19.0 Å². The maximum atomic E-state index is 12.8. The Balaban J connectivity index is 1.76. The summed E-state index contributed by atoms with van der Waals surface area (Å²) in [6, 6.07) is 4.58. The van der Waals surface area contributed by atoms with Gasteiger partial charge in [-0.15, -0.1) is 23.2 Å². The van der Waals surface area contributed by atoms with Crippen molar-refractivity contribution in [2.45, 2.75) is 41.8 Å². The highest BCUT2D eigenvalue weighted by Crippen LogP contribution is 2.53. The van der Waals surface area contributed by atoms with E-state index in [1.807, 2.05) is 0 Å². The molecule has 0 spiro atoms. The molecule has 3 rings (SSSR count). The minimum Gasteiger partial charge on any atom is -0.462 e. The number of hydrogen-bond donors (Lipinski definition) is 0. The molecule has 5 nitrogen and oxygen atoms in total. The van der Waals surface area contributed by atoms with Crippen molar-refractivity contribution in [1.29, 1.82) is 0 Å². The summed E-state index contributed by atoms with van der Waals surface area (Å²) in [5.41, 5.74) is 0.926. The van der Waals surface area contributed by atoms with Gasteiger partial charge >= 0.3 is 5.97 Å². The van der Waals surface area contributed by atoms with Crippen LogP contribution in [0.15, 0.2) is 23.1 Å². The van der Waals surface area contributed by atoms with Crippen molar-refractivity contribution in [2.75, 3.05) is 19.7 Å². The van der Waals surface area contributed by atoms with Crippen LogP contribution in [0.2, 0.25) is 0 Å². The Kier molecular flexibility index (Phi) is 5.36. The van der Waals surface area contributed by atoms with E-state index in [4.69, 9.17) is 27.9 Å². The van der Waals surface area contributed by atoms with Gasteiger partial charge in [0.05, 0.1) is 17.1 Å². The van der Waals surface area contributed by atoms with E-state index in [2.05, 4.69) is 0 Å². The van der Waals surface area contributed by atoms with Crippen LogP contribution in [0.1, 0.15) is 41.6 Å². The number of esters is 1. The first kappa shape index (κ1) is 19.0. The molecule has 0 unspecified atom stereocenters. The molecule has 0 bridgehead atoms. The van der Waals surface area contributed by atoms with E-state index in [-0.39, 0.29) is 23.0 Å². The first-order chi connectivity index (χ1) is 11.7.